The van der Waals surface area contributed by atoms with Gasteiger partial charge in [0.1, 0.15) is 28.4 Å². The van der Waals surface area contributed by atoms with Crippen molar-refractivity contribution in [3.63, 3.8) is 0 Å². The highest BCUT2D eigenvalue weighted by molar-refractivity contribution is 6.32. The molecule has 2 N–H and O–H groups in total. The summed E-state index contributed by atoms with van der Waals surface area (Å²) in [7, 11) is 0. The monoisotopic (exact) mass is 464 g/mol. The maximum atomic E-state index is 14.6. The van der Waals surface area contributed by atoms with Crippen molar-refractivity contribution < 1.29 is 22.7 Å². The third-order valence-corrected chi connectivity index (χ3v) is 5.07. The number of ether oxygens (including phenoxy) is 1. The van der Waals surface area contributed by atoms with Gasteiger partial charge in [-0.25, -0.2) is 19.3 Å². The zero-order valence-corrected chi connectivity index (χ0v) is 17.1. The maximum absolute atomic E-state index is 14.6. The molecule has 0 bridgehead atoms. The number of fused-ring (bicyclic) bond motifs is 1. The number of hydrogen-bond donors (Lipinski definition) is 2. The van der Waals surface area contributed by atoms with Crippen molar-refractivity contribution in [2.45, 2.75) is 12.7 Å². The van der Waals surface area contributed by atoms with Gasteiger partial charge in [0, 0.05) is 13.1 Å². The van der Waals surface area contributed by atoms with Crippen LogP contribution in [0, 0.1) is 5.82 Å². The van der Waals surface area contributed by atoms with Crippen LogP contribution in [0.25, 0.3) is 11.0 Å². The lowest BCUT2D eigenvalue weighted by molar-refractivity contribution is -0.117. The summed E-state index contributed by atoms with van der Waals surface area (Å²) in [5, 5.41) is 4.99. The van der Waals surface area contributed by atoms with Crippen molar-refractivity contribution in [1.29, 1.82) is 0 Å². The average molecular weight is 465 g/mol. The summed E-state index contributed by atoms with van der Waals surface area (Å²) in [6.07, 6.45) is 2.49. The second-order valence-electron chi connectivity index (χ2n) is 6.82. The Morgan fingerprint density at radius 3 is 2.78 bits per heavy atom. The molecule has 4 rings (SSSR count). The number of benzene rings is 1. The zero-order chi connectivity index (χ0) is 22.8. The molecule has 0 saturated carbocycles. The minimum atomic E-state index is -3.13. The van der Waals surface area contributed by atoms with Crippen molar-refractivity contribution in [2.24, 2.45) is 0 Å². The van der Waals surface area contributed by atoms with Crippen molar-refractivity contribution in [3.05, 3.63) is 54.1 Å². The number of amides is 1. The normalized spacial score (nSPS) is 13.7. The Morgan fingerprint density at radius 1 is 1.28 bits per heavy atom. The summed E-state index contributed by atoms with van der Waals surface area (Å²) in [6, 6.07) is 5.83. The number of halogens is 4. The molecule has 1 amide bonds. The zero-order valence-electron chi connectivity index (χ0n) is 16.4. The molecule has 3 heterocycles. The molecule has 1 aliphatic heterocycles. The van der Waals surface area contributed by atoms with Gasteiger partial charge in [-0.3, -0.25) is 4.79 Å². The van der Waals surface area contributed by atoms with Crippen LogP contribution in [0.3, 0.4) is 0 Å². The van der Waals surface area contributed by atoms with Gasteiger partial charge in [0.25, 0.3) is 0 Å². The second-order valence-corrected chi connectivity index (χ2v) is 7.19. The van der Waals surface area contributed by atoms with E-state index in [2.05, 4.69) is 36.9 Å². The van der Waals surface area contributed by atoms with Crippen molar-refractivity contribution in [1.82, 2.24) is 20.3 Å². The summed E-state index contributed by atoms with van der Waals surface area (Å²) in [6.45, 7) is 1.41. The largest absolute Gasteiger partial charge is 0.433 e. The molecule has 1 aromatic carbocycles. The number of alkyl halides is 2. The molecule has 32 heavy (non-hydrogen) atoms. The van der Waals surface area contributed by atoms with Gasteiger partial charge in [-0.15, -0.1) is 0 Å². The van der Waals surface area contributed by atoms with Gasteiger partial charge >= 0.3 is 6.61 Å². The number of hydrogen-bond acceptors (Lipinski definition) is 7. The summed E-state index contributed by atoms with van der Waals surface area (Å²) >= 11 is 5.82. The van der Waals surface area contributed by atoms with Crippen LogP contribution in [0.4, 0.5) is 30.5 Å². The van der Waals surface area contributed by atoms with E-state index in [4.69, 9.17) is 11.6 Å². The first-order valence-corrected chi connectivity index (χ1v) is 9.73. The fourth-order valence-electron chi connectivity index (χ4n) is 3.16. The van der Waals surface area contributed by atoms with E-state index in [1.165, 1.54) is 18.5 Å². The van der Waals surface area contributed by atoms with Crippen LogP contribution in [0.5, 0.6) is 5.75 Å². The minimum Gasteiger partial charge on any atom is -0.433 e. The summed E-state index contributed by atoms with van der Waals surface area (Å²) in [4.78, 5) is 26.2. The highest BCUT2D eigenvalue weighted by Crippen LogP contribution is 2.35. The van der Waals surface area contributed by atoms with E-state index in [1.807, 2.05) is 4.90 Å². The maximum Gasteiger partial charge on any atom is 0.387 e. The van der Waals surface area contributed by atoms with Gasteiger partial charge in [-0.1, -0.05) is 18.2 Å². The number of carbonyl (C=O) groups excluding carboxylic acids is 1. The van der Waals surface area contributed by atoms with Crippen LogP contribution >= 0.6 is 11.6 Å². The molecule has 1 aliphatic rings. The molecule has 3 aromatic rings. The number of rotatable bonds is 7. The number of nitrogens with zero attached hydrogens (tertiary/aromatic N) is 4. The van der Waals surface area contributed by atoms with E-state index in [-0.39, 0.29) is 23.5 Å². The molecule has 0 radical (unpaired) electrons. The van der Waals surface area contributed by atoms with E-state index in [0.717, 1.165) is 6.07 Å². The lowest BCUT2D eigenvalue weighted by Crippen LogP contribution is -2.59. The predicted octanol–water partition coefficient (Wildman–Crippen LogP) is 3.65. The van der Waals surface area contributed by atoms with Gasteiger partial charge in [-0.05, 0) is 30.3 Å². The molecule has 0 spiro atoms. The summed E-state index contributed by atoms with van der Waals surface area (Å²) < 4.78 is 43.7. The van der Waals surface area contributed by atoms with E-state index in [1.54, 1.807) is 12.1 Å². The Labute approximate surface area is 185 Å². The van der Waals surface area contributed by atoms with Crippen LogP contribution in [0.1, 0.15) is 0 Å². The predicted molar refractivity (Wildman–Crippen MR) is 113 cm³/mol. The van der Waals surface area contributed by atoms with Gasteiger partial charge in [0.2, 0.25) is 5.91 Å². The second kappa shape index (κ2) is 8.87. The lowest BCUT2D eigenvalue weighted by Gasteiger charge is -2.40. The van der Waals surface area contributed by atoms with Crippen LogP contribution in [-0.2, 0) is 4.79 Å². The quantitative estimate of drug-likeness (QED) is 0.515. The Morgan fingerprint density at radius 2 is 2.06 bits per heavy atom. The summed E-state index contributed by atoms with van der Waals surface area (Å²) in [5.74, 6) is -0.874. The molecule has 2 aromatic heterocycles. The fourth-order valence-corrected chi connectivity index (χ4v) is 3.37. The van der Waals surface area contributed by atoms with Gasteiger partial charge < -0.3 is 20.3 Å². The molecule has 166 valence electrons. The third-order valence-electron chi connectivity index (χ3n) is 4.72. The van der Waals surface area contributed by atoms with Crippen LogP contribution in [0.2, 0.25) is 5.02 Å². The SMILES string of the molecule is C=CC(=O)NC1CN(c2ccc3ncnc(Nc4ccc(OC(F)F)c(Cl)c4F)c3n2)C1. The number of aromatic nitrogens is 3. The molecular formula is C20H16ClF3N6O2. The smallest absolute Gasteiger partial charge is 0.387 e. The Bertz CT molecular complexity index is 1190. The first-order valence-electron chi connectivity index (χ1n) is 9.35. The fraction of sp³-hybridized carbons (Fsp3) is 0.200. The molecular weight excluding hydrogens is 449 g/mol. The lowest BCUT2D eigenvalue weighted by atomic mass is 10.1. The molecule has 0 atom stereocenters. The topological polar surface area (TPSA) is 92.3 Å². The van der Waals surface area contributed by atoms with Crippen molar-refractivity contribution >= 4 is 45.9 Å². The Kier molecular flexibility index (Phi) is 5.99. The number of carbonyl (C=O) groups is 1. The standard InChI is InChI=1S/C20H16ClF3N6O2/c1-2-15(31)27-10-7-30(8-10)14-6-4-12-18(29-14)19(26-9-25-12)28-11-3-5-13(32-20(23)24)16(21)17(11)22/h2-6,9-10,20H,1,7-8H2,(H,27,31)(H,25,26,28). The first kappa shape index (κ1) is 21.6. The Hall–Kier alpha value is -3.60. The van der Waals surface area contributed by atoms with E-state index in [9.17, 15) is 18.0 Å². The first-order chi connectivity index (χ1) is 15.4. The number of pyridine rings is 1. The summed E-state index contributed by atoms with van der Waals surface area (Å²) in [5.41, 5.74) is 0.777. The molecule has 0 aliphatic carbocycles. The van der Waals surface area contributed by atoms with Crippen LogP contribution in [0.15, 0.2) is 43.2 Å². The van der Waals surface area contributed by atoms with Crippen LogP contribution in [-0.4, -0.2) is 46.6 Å². The number of nitrogens with one attached hydrogen (secondary N) is 2. The van der Waals surface area contributed by atoms with Crippen LogP contribution < -0.4 is 20.3 Å². The van der Waals surface area contributed by atoms with Crippen molar-refractivity contribution in [2.75, 3.05) is 23.3 Å². The minimum absolute atomic E-state index is 0.0205. The molecule has 8 nitrogen and oxygen atoms in total. The van der Waals surface area contributed by atoms with Gasteiger partial charge in [0.05, 0.1) is 17.2 Å². The molecule has 1 saturated heterocycles. The third kappa shape index (κ3) is 4.37. The molecule has 0 unspecified atom stereocenters. The van der Waals surface area contributed by atoms with E-state index >= 15 is 0 Å². The van der Waals surface area contributed by atoms with Gasteiger partial charge in [0.15, 0.2) is 11.6 Å². The van der Waals surface area contributed by atoms with E-state index in [0.29, 0.717) is 29.9 Å². The highest BCUT2D eigenvalue weighted by atomic mass is 35.5. The average Bonchev–Trinajstić information content (AvgIpc) is 2.75. The Balaban J connectivity index is 1.58. The number of anilines is 3. The van der Waals surface area contributed by atoms with Gasteiger partial charge in [-0.2, -0.15) is 8.78 Å². The molecule has 12 heteroatoms. The molecule has 1 fully saturated rings. The highest BCUT2D eigenvalue weighted by Gasteiger charge is 2.29. The van der Waals surface area contributed by atoms with E-state index < -0.39 is 23.2 Å². The van der Waals surface area contributed by atoms with Crippen molar-refractivity contribution in [3.8, 4) is 5.75 Å².